The molecule has 11 nitrogen and oxygen atoms in total. The molecule has 0 radical (unpaired) electrons. The third-order valence-electron chi connectivity index (χ3n) is 8.43. The molecule has 4 heterocycles. The first-order valence-corrected chi connectivity index (χ1v) is 13.9. The lowest BCUT2D eigenvalue weighted by atomic mass is 9.91. The Morgan fingerprint density at radius 1 is 1.05 bits per heavy atom. The number of methoxy groups -OCH3 is 2. The number of carbonyl (C=O) groups is 1. The smallest absolute Gasteiger partial charge is 0.235 e. The molecule has 2 aromatic carbocycles. The maximum Gasteiger partial charge on any atom is 0.235 e. The third-order valence-corrected chi connectivity index (χ3v) is 8.43. The maximum atomic E-state index is 13.1. The standard InChI is InChI=1S/C30H33N7O4/c1-15-13-37(14-16(2)41-15)28-25(40-5)27(31-17(3)32-28)34-26-20-8-6-18(10-24(20)35-36-26)22-12-30(22)21-11-19(39-4)7-9-23(21)33-29(30)38/h6-11,15-16,22H,12-14H2,1-5H3,(H,33,38)(H2,31,32,34,35,36)/t15-,16+,22?,30?. The summed E-state index contributed by atoms with van der Waals surface area (Å²) in [7, 11) is 3.27. The zero-order chi connectivity index (χ0) is 28.5. The van der Waals surface area contributed by atoms with Crippen molar-refractivity contribution in [1.29, 1.82) is 0 Å². The number of rotatable bonds is 6. The topological polar surface area (TPSA) is 127 Å². The Labute approximate surface area is 237 Å². The van der Waals surface area contributed by atoms with Gasteiger partial charge < -0.3 is 29.7 Å². The predicted octanol–water partition coefficient (Wildman–Crippen LogP) is 4.41. The summed E-state index contributed by atoms with van der Waals surface area (Å²) in [5.41, 5.74) is 3.27. The lowest BCUT2D eigenvalue weighted by Crippen LogP contribution is -2.46. The summed E-state index contributed by atoms with van der Waals surface area (Å²) in [6, 6.07) is 12.0. The minimum atomic E-state index is -0.560. The number of H-pyrrole nitrogens is 1. The minimum Gasteiger partial charge on any atom is -0.497 e. The summed E-state index contributed by atoms with van der Waals surface area (Å²) in [5.74, 6) is 3.98. The Kier molecular flexibility index (Phi) is 5.82. The van der Waals surface area contributed by atoms with Gasteiger partial charge in [-0.15, -0.1) is 0 Å². The van der Waals surface area contributed by atoms with E-state index in [4.69, 9.17) is 19.2 Å². The number of nitrogens with zero attached hydrogens (tertiary/aromatic N) is 4. The molecule has 41 heavy (non-hydrogen) atoms. The molecule has 3 N–H and O–H groups in total. The van der Waals surface area contributed by atoms with Crippen LogP contribution in [0.4, 0.5) is 23.1 Å². The fraction of sp³-hybridized carbons (Fsp3) is 0.400. The number of anilines is 4. The monoisotopic (exact) mass is 555 g/mol. The fourth-order valence-electron chi connectivity index (χ4n) is 6.55. The highest BCUT2D eigenvalue weighted by Crippen LogP contribution is 2.65. The Morgan fingerprint density at radius 3 is 2.61 bits per heavy atom. The second kappa shape index (κ2) is 9.34. The normalized spacial score (nSPS) is 24.9. The third kappa shape index (κ3) is 4.06. The molecule has 1 amide bonds. The van der Waals surface area contributed by atoms with Gasteiger partial charge in [0.05, 0.1) is 37.4 Å². The van der Waals surface area contributed by atoms with Crippen LogP contribution in [0.5, 0.6) is 11.5 Å². The van der Waals surface area contributed by atoms with Crippen LogP contribution in [0.1, 0.15) is 43.1 Å². The van der Waals surface area contributed by atoms with Gasteiger partial charge in [-0.25, -0.2) is 9.97 Å². The molecule has 2 unspecified atom stereocenters. The van der Waals surface area contributed by atoms with Gasteiger partial charge in [0.25, 0.3) is 0 Å². The average molecular weight is 556 g/mol. The van der Waals surface area contributed by atoms with Crippen molar-refractivity contribution in [3.8, 4) is 11.5 Å². The van der Waals surface area contributed by atoms with E-state index in [1.165, 1.54) is 0 Å². The van der Waals surface area contributed by atoms with Crippen LogP contribution in [-0.4, -0.2) is 65.6 Å². The van der Waals surface area contributed by atoms with Crippen molar-refractivity contribution >= 4 is 40.0 Å². The van der Waals surface area contributed by atoms with Crippen LogP contribution >= 0.6 is 0 Å². The van der Waals surface area contributed by atoms with E-state index >= 15 is 0 Å². The second-order valence-corrected chi connectivity index (χ2v) is 11.2. The molecule has 1 saturated carbocycles. The van der Waals surface area contributed by atoms with Crippen molar-refractivity contribution in [1.82, 2.24) is 20.2 Å². The summed E-state index contributed by atoms with van der Waals surface area (Å²) in [4.78, 5) is 24.7. The fourth-order valence-corrected chi connectivity index (χ4v) is 6.55. The molecule has 4 atom stereocenters. The van der Waals surface area contributed by atoms with Crippen LogP contribution in [0.15, 0.2) is 36.4 Å². The van der Waals surface area contributed by atoms with Gasteiger partial charge in [-0.05, 0) is 68.7 Å². The number of hydrogen-bond acceptors (Lipinski definition) is 9. The van der Waals surface area contributed by atoms with Crippen molar-refractivity contribution < 1.29 is 19.0 Å². The van der Waals surface area contributed by atoms with Crippen molar-refractivity contribution in [2.75, 3.05) is 42.8 Å². The predicted molar refractivity (Wildman–Crippen MR) is 156 cm³/mol. The van der Waals surface area contributed by atoms with E-state index in [2.05, 4.69) is 56.7 Å². The van der Waals surface area contributed by atoms with Crippen LogP contribution in [0.25, 0.3) is 10.9 Å². The maximum absolute atomic E-state index is 13.1. The van der Waals surface area contributed by atoms with Crippen molar-refractivity contribution in [3.05, 3.63) is 53.3 Å². The lowest BCUT2D eigenvalue weighted by Gasteiger charge is -2.36. The van der Waals surface area contributed by atoms with E-state index in [-0.39, 0.29) is 24.0 Å². The first kappa shape index (κ1) is 25.6. The molecular weight excluding hydrogens is 522 g/mol. The number of aromatic nitrogens is 4. The number of amides is 1. The van der Waals surface area contributed by atoms with E-state index in [0.717, 1.165) is 45.7 Å². The summed E-state index contributed by atoms with van der Waals surface area (Å²) in [5, 5.41) is 15.1. The molecule has 1 saturated heterocycles. The van der Waals surface area contributed by atoms with Crippen LogP contribution in [0.3, 0.4) is 0 Å². The molecule has 4 aromatic rings. The van der Waals surface area contributed by atoms with E-state index in [1.807, 2.05) is 31.2 Å². The summed E-state index contributed by atoms with van der Waals surface area (Å²) in [6.07, 6.45) is 0.912. The molecule has 7 rings (SSSR count). The number of aromatic amines is 1. The minimum absolute atomic E-state index is 0.0453. The zero-order valence-corrected chi connectivity index (χ0v) is 23.7. The Morgan fingerprint density at radius 2 is 1.85 bits per heavy atom. The lowest BCUT2D eigenvalue weighted by molar-refractivity contribution is -0.118. The number of hydrogen-bond donors (Lipinski definition) is 3. The molecule has 2 fully saturated rings. The first-order chi connectivity index (χ1) is 19.8. The van der Waals surface area contributed by atoms with E-state index < -0.39 is 5.41 Å². The molecular formula is C30H33N7O4. The second-order valence-electron chi connectivity index (χ2n) is 11.2. The van der Waals surface area contributed by atoms with Crippen LogP contribution < -0.4 is 25.0 Å². The van der Waals surface area contributed by atoms with Crippen molar-refractivity contribution in [2.45, 2.75) is 50.7 Å². The van der Waals surface area contributed by atoms with Gasteiger partial charge >= 0.3 is 0 Å². The largest absolute Gasteiger partial charge is 0.497 e. The van der Waals surface area contributed by atoms with Gasteiger partial charge in [-0.3, -0.25) is 9.89 Å². The van der Waals surface area contributed by atoms with Gasteiger partial charge in [0, 0.05) is 30.1 Å². The van der Waals surface area contributed by atoms with E-state index in [9.17, 15) is 4.79 Å². The summed E-state index contributed by atoms with van der Waals surface area (Å²) >= 11 is 0. The Balaban J connectivity index is 1.19. The highest BCUT2D eigenvalue weighted by Gasteiger charge is 2.65. The number of aryl methyl sites for hydroxylation is 1. The Hall–Kier alpha value is -4.38. The molecule has 3 aliphatic rings. The Bertz CT molecular complexity index is 1680. The van der Waals surface area contributed by atoms with Crippen molar-refractivity contribution in [2.24, 2.45) is 0 Å². The summed E-state index contributed by atoms with van der Waals surface area (Å²) < 4.78 is 17.2. The number of carbonyl (C=O) groups excluding carboxylic acids is 1. The van der Waals surface area contributed by atoms with Crippen molar-refractivity contribution in [3.63, 3.8) is 0 Å². The molecule has 1 aliphatic carbocycles. The number of ether oxygens (including phenoxy) is 3. The molecule has 1 spiro atoms. The van der Waals surface area contributed by atoms with Gasteiger partial charge in [0.15, 0.2) is 17.5 Å². The number of nitrogens with one attached hydrogen (secondary N) is 3. The molecule has 2 aromatic heterocycles. The first-order valence-electron chi connectivity index (χ1n) is 13.9. The SMILES string of the molecule is COc1ccc2c(c1)C1(CC1c1ccc3c(Nc4nc(C)nc(N5C[C@@H](C)O[C@@H](C)C5)c4OC)n[nH]c3c1)C(=O)N2. The van der Waals surface area contributed by atoms with E-state index in [0.29, 0.717) is 36.3 Å². The number of fused-ring (bicyclic) bond motifs is 3. The van der Waals surface area contributed by atoms with Gasteiger partial charge in [0.2, 0.25) is 11.7 Å². The molecule has 2 aliphatic heterocycles. The zero-order valence-electron chi connectivity index (χ0n) is 23.7. The quantitative estimate of drug-likeness (QED) is 0.317. The number of benzene rings is 2. The van der Waals surface area contributed by atoms with E-state index in [1.54, 1.807) is 14.2 Å². The molecule has 11 heteroatoms. The van der Waals surface area contributed by atoms with Gasteiger partial charge in [-0.2, -0.15) is 5.10 Å². The highest BCUT2D eigenvalue weighted by atomic mass is 16.5. The van der Waals surface area contributed by atoms with Gasteiger partial charge in [-0.1, -0.05) is 6.07 Å². The summed E-state index contributed by atoms with van der Waals surface area (Å²) in [6.45, 7) is 7.41. The highest BCUT2D eigenvalue weighted by molar-refractivity contribution is 6.10. The van der Waals surface area contributed by atoms with Crippen LogP contribution in [0, 0.1) is 6.92 Å². The number of morpholine rings is 1. The molecule has 212 valence electrons. The average Bonchev–Trinajstić information content (AvgIpc) is 3.50. The van der Waals surface area contributed by atoms with Gasteiger partial charge in [0.1, 0.15) is 11.6 Å². The molecule has 0 bridgehead atoms. The van der Waals surface area contributed by atoms with Crippen LogP contribution in [0.2, 0.25) is 0 Å². The van der Waals surface area contributed by atoms with Crippen LogP contribution in [-0.2, 0) is 14.9 Å².